The van der Waals surface area contributed by atoms with Gasteiger partial charge in [-0.25, -0.2) is 4.79 Å². The number of esters is 1. The van der Waals surface area contributed by atoms with Gasteiger partial charge in [-0.3, -0.25) is 19.3 Å². The first-order valence-corrected chi connectivity index (χ1v) is 10.5. The summed E-state index contributed by atoms with van der Waals surface area (Å²) in [5.41, 5.74) is -0.573. The molecule has 2 aliphatic rings. The number of urea groups is 1. The van der Waals surface area contributed by atoms with E-state index in [-0.39, 0.29) is 11.3 Å². The van der Waals surface area contributed by atoms with Crippen LogP contribution in [0, 0.1) is 11.3 Å². The van der Waals surface area contributed by atoms with Crippen molar-refractivity contribution < 1.29 is 23.9 Å². The Morgan fingerprint density at radius 3 is 2.42 bits per heavy atom. The highest BCUT2D eigenvalue weighted by Crippen LogP contribution is 2.46. The molecule has 4 amide bonds. The lowest BCUT2D eigenvalue weighted by molar-refractivity contribution is -0.161. The van der Waals surface area contributed by atoms with Gasteiger partial charge < -0.3 is 15.0 Å². The number of ether oxygens (including phenoxy) is 1. The normalized spacial score (nSPS) is 25.8. The molecule has 1 saturated heterocycles. The zero-order valence-electron chi connectivity index (χ0n) is 18.8. The average molecular weight is 430 g/mol. The molecule has 168 valence electrons. The van der Waals surface area contributed by atoms with Crippen LogP contribution in [0.3, 0.4) is 0 Å². The highest BCUT2D eigenvalue weighted by molar-refractivity contribution is 6.09. The number of carbonyl (C=O) groups is 4. The van der Waals surface area contributed by atoms with E-state index in [4.69, 9.17) is 4.74 Å². The highest BCUT2D eigenvalue weighted by Gasteiger charge is 2.56. The molecule has 3 atom stereocenters. The molecule has 3 unspecified atom stereocenters. The van der Waals surface area contributed by atoms with E-state index < -0.39 is 42.0 Å². The van der Waals surface area contributed by atoms with Crippen molar-refractivity contribution in [2.45, 2.75) is 51.7 Å². The second-order valence-corrected chi connectivity index (χ2v) is 9.77. The number of benzene rings is 1. The molecule has 31 heavy (non-hydrogen) atoms. The number of hydrogen-bond donors (Lipinski definition) is 1. The van der Waals surface area contributed by atoms with Crippen LogP contribution in [-0.2, 0) is 19.1 Å². The summed E-state index contributed by atoms with van der Waals surface area (Å²) in [6.07, 6.45) is 0.877. The molecule has 1 aromatic carbocycles. The predicted molar refractivity (Wildman–Crippen MR) is 114 cm³/mol. The summed E-state index contributed by atoms with van der Waals surface area (Å²) >= 11 is 0. The van der Waals surface area contributed by atoms with Crippen LogP contribution in [0.5, 0.6) is 0 Å². The molecule has 1 heterocycles. The minimum atomic E-state index is -1.15. The molecule has 8 heteroatoms. The van der Waals surface area contributed by atoms with Crippen LogP contribution < -0.4 is 5.32 Å². The van der Waals surface area contributed by atoms with Crippen molar-refractivity contribution >= 4 is 23.8 Å². The molecule has 1 spiro atoms. The summed E-state index contributed by atoms with van der Waals surface area (Å²) in [6.45, 7) is 5.69. The fourth-order valence-electron chi connectivity index (χ4n) is 5.07. The van der Waals surface area contributed by atoms with Gasteiger partial charge in [-0.15, -0.1) is 0 Å². The maximum Gasteiger partial charge on any atom is 0.327 e. The first-order chi connectivity index (χ1) is 14.4. The third-order valence-corrected chi connectivity index (χ3v) is 5.93. The van der Waals surface area contributed by atoms with Gasteiger partial charge in [0.05, 0.1) is 0 Å². The molecule has 1 aromatic rings. The lowest BCUT2D eigenvalue weighted by Gasteiger charge is -2.43. The predicted octanol–water partition coefficient (Wildman–Crippen LogP) is 2.50. The molecule has 1 aliphatic heterocycles. The van der Waals surface area contributed by atoms with E-state index in [0.717, 1.165) is 11.3 Å². The third kappa shape index (κ3) is 4.73. The number of rotatable bonds is 5. The second-order valence-electron chi connectivity index (χ2n) is 9.77. The molecule has 2 fully saturated rings. The molecular weight excluding hydrogens is 398 g/mol. The van der Waals surface area contributed by atoms with E-state index in [2.05, 4.69) is 26.1 Å². The molecule has 1 aliphatic carbocycles. The summed E-state index contributed by atoms with van der Waals surface area (Å²) in [7, 11) is 3.14. The number of nitrogens with zero attached hydrogens (tertiary/aromatic N) is 2. The first kappa shape index (κ1) is 22.8. The fourth-order valence-corrected chi connectivity index (χ4v) is 5.07. The van der Waals surface area contributed by atoms with Crippen molar-refractivity contribution in [3.8, 4) is 0 Å². The summed E-state index contributed by atoms with van der Waals surface area (Å²) in [6, 6.07) is 8.06. The van der Waals surface area contributed by atoms with Gasteiger partial charge in [0.15, 0.2) is 0 Å². The monoisotopic (exact) mass is 429 g/mol. The molecule has 3 rings (SSSR count). The number of hydrogen-bond acceptors (Lipinski definition) is 5. The topological polar surface area (TPSA) is 96.0 Å². The molecule has 0 aromatic heterocycles. The lowest BCUT2D eigenvalue weighted by Crippen LogP contribution is -2.54. The standard InChI is InChI=1S/C23H31N3O5/c1-15-11-22(2,3)14-23(12-15)20(29)26(21(30)24-23)13-17(27)31-18(19(28)25(4)5)16-9-7-6-8-10-16/h6-10,15,18H,11-14H2,1-5H3,(H,24,30). The van der Waals surface area contributed by atoms with Crippen LogP contribution in [-0.4, -0.2) is 59.8 Å². The van der Waals surface area contributed by atoms with Crippen LogP contribution in [0.15, 0.2) is 30.3 Å². The Balaban J connectivity index is 1.75. The molecule has 8 nitrogen and oxygen atoms in total. The maximum atomic E-state index is 13.2. The zero-order chi connectivity index (χ0) is 23.0. The van der Waals surface area contributed by atoms with Crippen LogP contribution in [0.4, 0.5) is 4.79 Å². The van der Waals surface area contributed by atoms with E-state index >= 15 is 0 Å². The summed E-state index contributed by atoms with van der Waals surface area (Å²) in [5, 5.41) is 2.84. The van der Waals surface area contributed by atoms with Gasteiger partial charge in [0.2, 0.25) is 6.10 Å². The van der Waals surface area contributed by atoms with Gasteiger partial charge in [0.1, 0.15) is 12.1 Å². The van der Waals surface area contributed by atoms with Gasteiger partial charge in [-0.05, 0) is 30.6 Å². The van der Waals surface area contributed by atoms with Gasteiger partial charge >= 0.3 is 12.0 Å². The van der Waals surface area contributed by atoms with Crippen LogP contribution in [0.2, 0.25) is 0 Å². The Labute approximate surface area is 182 Å². The maximum absolute atomic E-state index is 13.2. The van der Waals surface area contributed by atoms with E-state index in [1.165, 1.54) is 4.90 Å². The number of amides is 4. The van der Waals surface area contributed by atoms with Crippen molar-refractivity contribution in [1.82, 2.24) is 15.1 Å². The van der Waals surface area contributed by atoms with Crippen molar-refractivity contribution in [2.75, 3.05) is 20.6 Å². The van der Waals surface area contributed by atoms with Crippen LogP contribution >= 0.6 is 0 Å². The minimum absolute atomic E-state index is 0.104. The lowest BCUT2D eigenvalue weighted by atomic mass is 9.64. The minimum Gasteiger partial charge on any atom is -0.446 e. The molecule has 0 bridgehead atoms. The Morgan fingerprint density at radius 1 is 1.19 bits per heavy atom. The Morgan fingerprint density at radius 2 is 1.84 bits per heavy atom. The largest absolute Gasteiger partial charge is 0.446 e. The van der Waals surface area contributed by atoms with E-state index in [9.17, 15) is 19.2 Å². The summed E-state index contributed by atoms with van der Waals surface area (Å²) in [4.78, 5) is 53.4. The Kier molecular flexibility index (Phi) is 6.11. The second kappa shape index (κ2) is 8.32. The zero-order valence-corrected chi connectivity index (χ0v) is 18.8. The van der Waals surface area contributed by atoms with E-state index in [1.807, 2.05) is 0 Å². The smallest absolute Gasteiger partial charge is 0.327 e. The van der Waals surface area contributed by atoms with Gasteiger partial charge in [0, 0.05) is 19.7 Å². The Bertz CT molecular complexity index is 882. The summed E-state index contributed by atoms with van der Waals surface area (Å²) < 4.78 is 5.45. The first-order valence-electron chi connectivity index (χ1n) is 10.5. The number of carbonyl (C=O) groups excluding carboxylic acids is 4. The number of likely N-dealkylation sites (N-methyl/N-ethyl adjacent to an activating group) is 1. The van der Waals surface area contributed by atoms with Crippen LogP contribution in [0.1, 0.15) is 51.7 Å². The van der Waals surface area contributed by atoms with Crippen molar-refractivity contribution in [2.24, 2.45) is 11.3 Å². The van der Waals surface area contributed by atoms with Crippen LogP contribution in [0.25, 0.3) is 0 Å². The quantitative estimate of drug-likeness (QED) is 0.573. The number of imide groups is 1. The molecule has 1 N–H and O–H groups in total. The Hall–Kier alpha value is -2.90. The van der Waals surface area contributed by atoms with Crippen molar-refractivity contribution in [3.63, 3.8) is 0 Å². The average Bonchev–Trinajstić information content (AvgIpc) is 2.87. The van der Waals surface area contributed by atoms with Crippen molar-refractivity contribution in [3.05, 3.63) is 35.9 Å². The fraction of sp³-hybridized carbons (Fsp3) is 0.565. The third-order valence-electron chi connectivity index (χ3n) is 5.93. The van der Waals surface area contributed by atoms with Gasteiger partial charge in [-0.1, -0.05) is 51.1 Å². The van der Waals surface area contributed by atoms with Gasteiger partial charge in [0.25, 0.3) is 11.8 Å². The van der Waals surface area contributed by atoms with Gasteiger partial charge in [-0.2, -0.15) is 0 Å². The van der Waals surface area contributed by atoms with E-state index in [1.54, 1.807) is 44.4 Å². The summed E-state index contributed by atoms with van der Waals surface area (Å²) in [5.74, 6) is -1.35. The molecular formula is C23H31N3O5. The molecule has 1 saturated carbocycles. The molecule has 0 radical (unpaired) electrons. The highest BCUT2D eigenvalue weighted by atomic mass is 16.5. The van der Waals surface area contributed by atoms with E-state index in [0.29, 0.717) is 18.4 Å². The number of nitrogens with one attached hydrogen (secondary N) is 1. The van der Waals surface area contributed by atoms with Crippen molar-refractivity contribution in [1.29, 1.82) is 0 Å². The SMILES string of the molecule is CC1CC(C)(C)CC2(C1)NC(=O)N(CC(=O)OC(C(=O)N(C)C)c1ccccc1)C2=O.